The number of H-pyrrole nitrogens is 1. The third kappa shape index (κ3) is 1.05. The van der Waals surface area contributed by atoms with E-state index in [1.807, 2.05) is 0 Å². The van der Waals surface area contributed by atoms with Crippen molar-refractivity contribution in [1.29, 1.82) is 0 Å². The van der Waals surface area contributed by atoms with Crippen molar-refractivity contribution in [1.82, 2.24) is 9.97 Å². The maximum Gasteiger partial charge on any atom is 0.220 e. The highest BCUT2D eigenvalue weighted by atomic mass is 16.1. The molecular weight excluding hydrogens is 116 g/mol. The van der Waals surface area contributed by atoms with Crippen LogP contribution >= 0.6 is 0 Å². The van der Waals surface area contributed by atoms with Gasteiger partial charge >= 0.3 is 0 Å². The minimum Gasteiger partial charge on any atom is -0.342 e. The number of aromatic nitrogens is 2. The molecule has 0 amide bonds. The molecule has 9 heavy (non-hydrogen) atoms. The van der Waals surface area contributed by atoms with Crippen molar-refractivity contribution >= 4 is 5.78 Å². The molecule has 0 aliphatic heterocycles. The lowest BCUT2D eigenvalue weighted by atomic mass is 10.4. The van der Waals surface area contributed by atoms with E-state index in [-0.39, 0.29) is 5.78 Å². The molecule has 1 heterocycles. The van der Waals surface area contributed by atoms with Gasteiger partial charge in [0.25, 0.3) is 0 Å². The SMILES string of the molecule is C=CC(=O)c1ncc[nH]1. The number of carbonyl (C=O) groups is 1. The van der Waals surface area contributed by atoms with E-state index < -0.39 is 0 Å². The number of carbonyl (C=O) groups excluding carboxylic acids is 1. The number of nitrogens with one attached hydrogen (secondary N) is 1. The largest absolute Gasteiger partial charge is 0.342 e. The van der Waals surface area contributed by atoms with Crippen molar-refractivity contribution in [2.45, 2.75) is 0 Å². The molecule has 0 unspecified atom stereocenters. The van der Waals surface area contributed by atoms with Crippen molar-refractivity contribution in [3.05, 3.63) is 30.9 Å². The summed E-state index contributed by atoms with van der Waals surface area (Å²) in [4.78, 5) is 17.0. The molecule has 3 heteroatoms. The topological polar surface area (TPSA) is 45.8 Å². The number of allylic oxidation sites excluding steroid dienone is 1. The molecule has 0 saturated carbocycles. The first-order chi connectivity index (χ1) is 4.34. The highest BCUT2D eigenvalue weighted by Gasteiger charge is 1.99. The summed E-state index contributed by atoms with van der Waals surface area (Å²) < 4.78 is 0. The molecule has 0 aromatic carbocycles. The second-order valence-electron chi connectivity index (χ2n) is 1.51. The normalized spacial score (nSPS) is 8.89. The van der Waals surface area contributed by atoms with Gasteiger partial charge in [0, 0.05) is 12.4 Å². The minimum absolute atomic E-state index is 0.181. The summed E-state index contributed by atoms with van der Waals surface area (Å²) in [5, 5.41) is 0. The fourth-order valence-electron chi connectivity index (χ4n) is 0.497. The van der Waals surface area contributed by atoms with Gasteiger partial charge in [-0.15, -0.1) is 0 Å². The van der Waals surface area contributed by atoms with Gasteiger partial charge in [0.15, 0.2) is 5.82 Å². The number of hydrogen-bond acceptors (Lipinski definition) is 2. The van der Waals surface area contributed by atoms with E-state index in [1.165, 1.54) is 12.3 Å². The van der Waals surface area contributed by atoms with Crippen LogP contribution in [0.3, 0.4) is 0 Å². The Morgan fingerprint density at radius 3 is 3.11 bits per heavy atom. The van der Waals surface area contributed by atoms with Gasteiger partial charge in [0.1, 0.15) is 0 Å². The van der Waals surface area contributed by atoms with E-state index in [4.69, 9.17) is 0 Å². The maximum atomic E-state index is 10.7. The highest BCUT2D eigenvalue weighted by Crippen LogP contribution is 1.89. The van der Waals surface area contributed by atoms with Crippen molar-refractivity contribution in [3.8, 4) is 0 Å². The van der Waals surface area contributed by atoms with E-state index in [1.54, 1.807) is 6.20 Å². The third-order valence-electron chi connectivity index (χ3n) is 0.917. The lowest BCUT2D eigenvalue weighted by Gasteiger charge is -1.82. The summed E-state index contributed by atoms with van der Waals surface area (Å²) in [7, 11) is 0. The Kier molecular flexibility index (Phi) is 1.44. The summed E-state index contributed by atoms with van der Waals surface area (Å²) in [6.45, 7) is 3.31. The lowest BCUT2D eigenvalue weighted by molar-refractivity contribution is 0.103. The highest BCUT2D eigenvalue weighted by molar-refractivity contribution is 6.01. The Balaban J connectivity index is 2.89. The van der Waals surface area contributed by atoms with Crippen LogP contribution in [0.25, 0.3) is 0 Å². The average molecular weight is 122 g/mol. The quantitative estimate of drug-likeness (QED) is 0.465. The zero-order chi connectivity index (χ0) is 6.69. The second-order valence-corrected chi connectivity index (χ2v) is 1.51. The predicted octanol–water partition coefficient (Wildman–Crippen LogP) is 0.778. The number of nitrogens with zero attached hydrogens (tertiary/aromatic N) is 1. The number of hydrogen-bond donors (Lipinski definition) is 1. The first-order valence-corrected chi connectivity index (χ1v) is 2.50. The van der Waals surface area contributed by atoms with Gasteiger partial charge in [-0.05, 0) is 6.08 Å². The summed E-state index contributed by atoms with van der Waals surface area (Å²) >= 11 is 0. The summed E-state index contributed by atoms with van der Waals surface area (Å²) in [5.41, 5.74) is 0. The Morgan fingerprint density at radius 2 is 2.67 bits per heavy atom. The Morgan fingerprint density at radius 1 is 1.89 bits per heavy atom. The van der Waals surface area contributed by atoms with Crippen LogP contribution < -0.4 is 0 Å². The van der Waals surface area contributed by atoms with Gasteiger partial charge in [-0.2, -0.15) is 0 Å². The molecule has 0 aliphatic carbocycles. The van der Waals surface area contributed by atoms with Gasteiger partial charge in [-0.25, -0.2) is 4.98 Å². The molecule has 0 aliphatic rings. The maximum absolute atomic E-state index is 10.7. The Bertz CT molecular complexity index is 213. The van der Waals surface area contributed by atoms with Crippen LogP contribution in [-0.4, -0.2) is 15.8 Å². The molecule has 0 fully saturated rings. The number of imidazole rings is 1. The van der Waals surface area contributed by atoms with Crippen LogP contribution in [0, 0.1) is 0 Å². The smallest absolute Gasteiger partial charge is 0.220 e. The van der Waals surface area contributed by atoms with E-state index in [0.29, 0.717) is 5.82 Å². The van der Waals surface area contributed by atoms with Gasteiger partial charge < -0.3 is 4.98 Å². The zero-order valence-corrected chi connectivity index (χ0v) is 4.79. The van der Waals surface area contributed by atoms with Crippen LogP contribution in [-0.2, 0) is 0 Å². The minimum atomic E-state index is -0.181. The molecule has 46 valence electrons. The van der Waals surface area contributed by atoms with Gasteiger partial charge in [-0.3, -0.25) is 4.79 Å². The number of rotatable bonds is 2. The first-order valence-electron chi connectivity index (χ1n) is 2.50. The van der Waals surface area contributed by atoms with Crippen molar-refractivity contribution in [2.75, 3.05) is 0 Å². The Hall–Kier alpha value is -1.38. The number of aromatic amines is 1. The summed E-state index contributed by atoms with van der Waals surface area (Å²) in [5.74, 6) is 0.157. The standard InChI is InChI=1S/C6H6N2O/c1-2-5(9)6-7-3-4-8-6/h2-4H,1H2,(H,7,8). The van der Waals surface area contributed by atoms with Crippen LogP contribution in [0.1, 0.15) is 10.6 Å². The van der Waals surface area contributed by atoms with Crippen LogP contribution in [0.15, 0.2) is 25.0 Å². The molecule has 0 radical (unpaired) electrons. The second kappa shape index (κ2) is 2.26. The average Bonchev–Trinajstić information content (AvgIpc) is 2.37. The van der Waals surface area contributed by atoms with Gasteiger partial charge in [-0.1, -0.05) is 6.58 Å². The zero-order valence-electron chi connectivity index (χ0n) is 4.79. The summed E-state index contributed by atoms with van der Waals surface area (Å²) in [6.07, 6.45) is 4.34. The predicted molar refractivity (Wildman–Crippen MR) is 33.1 cm³/mol. The van der Waals surface area contributed by atoms with Crippen molar-refractivity contribution < 1.29 is 4.79 Å². The third-order valence-corrected chi connectivity index (χ3v) is 0.917. The molecule has 0 spiro atoms. The molecule has 3 nitrogen and oxygen atoms in total. The molecule has 1 N–H and O–H groups in total. The molecular formula is C6H6N2O. The Labute approximate surface area is 52.4 Å². The van der Waals surface area contributed by atoms with Crippen molar-refractivity contribution in [3.63, 3.8) is 0 Å². The van der Waals surface area contributed by atoms with Crippen LogP contribution in [0.5, 0.6) is 0 Å². The molecule has 1 aromatic heterocycles. The van der Waals surface area contributed by atoms with E-state index in [9.17, 15) is 4.79 Å². The fourth-order valence-corrected chi connectivity index (χ4v) is 0.497. The molecule has 1 aromatic rings. The number of ketones is 1. The fraction of sp³-hybridized carbons (Fsp3) is 0. The van der Waals surface area contributed by atoms with E-state index in [2.05, 4.69) is 16.5 Å². The first kappa shape index (κ1) is 5.75. The van der Waals surface area contributed by atoms with E-state index >= 15 is 0 Å². The van der Waals surface area contributed by atoms with Gasteiger partial charge in [0.2, 0.25) is 5.78 Å². The monoisotopic (exact) mass is 122 g/mol. The van der Waals surface area contributed by atoms with Gasteiger partial charge in [0.05, 0.1) is 0 Å². The molecule has 0 saturated heterocycles. The molecule has 1 rings (SSSR count). The lowest BCUT2D eigenvalue weighted by Crippen LogP contribution is -1.95. The van der Waals surface area contributed by atoms with E-state index in [0.717, 1.165) is 0 Å². The van der Waals surface area contributed by atoms with Crippen LogP contribution in [0.4, 0.5) is 0 Å². The summed E-state index contributed by atoms with van der Waals surface area (Å²) in [6, 6.07) is 0. The molecule has 0 bridgehead atoms. The van der Waals surface area contributed by atoms with Crippen LogP contribution in [0.2, 0.25) is 0 Å². The van der Waals surface area contributed by atoms with Crippen molar-refractivity contribution in [2.24, 2.45) is 0 Å². The molecule has 0 atom stereocenters.